The van der Waals surface area contributed by atoms with E-state index in [1.807, 2.05) is 11.8 Å². The van der Waals surface area contributed by atoms with Crippen molar-refractivity contribution in [2.75, 3.05) is 24.5 Å². The van der Waals surface area contributed by atoms with E-state index in [1.165, 1.54) is 0 Å². The molecule has 5 nitrogen and oxygen atoms in total. The Kier molecular flexibility index (Phi) is 3.61. The molecule has 1 aromatic rings. The molecule has 0 unspecified atom stereocenters. The van der Waals surface area contributed by atoms with E-state index in [2.05, 4.69) is 30.8 Å². The molecule has 0 saturated carbocycles. The van der Waals surface area contributed by atoms with E-state index in [-0.39, 0.29) is 11.9 Å². The van der Waals surface area contributed by atoms with Gasteiger partial charge in [-0.15, -0.1) is 0 Å². The minimum absolute atomic E-state index is 0.133. The second-order valence-electron chi connectivity index (χ2n) is 4.21. The number of hydrogen-bond donors (Lipinski definition) is 0. The standard InChI is InChI=1S/C11H15BrN4O/c1-8-7-15(3-4-16(8)9(2)17)11-13-5-10(12)6-14-11/h5-6,8H,3-4,7H2,1-2H3/t8-/m1/s1. The summed E-state index contributed by atoms with van der Waals surface area (Å²) in [7, 11) is 0. The first kappa shape index (κ1) is 12.3. The van der Waals surface area contributed by atoms with Crippen molar-refractivity contribution < 1.29 is 4.79 Å². The zero-order valence-electron chi connectivity index (χ0n) is 9.93. The fourth-order valence-electron chi connectivity index (χ4n) is 2.08. The Morgan fingerprint density at radius 3 is 2.59 bits per heavy atom. The molecule has 1 fully saturated rings. The van der Waals surface area contributed by atoms with Crippen molar-refractivity contribution in [3.63, 3.8) is 0 Å². The second-order valence-corrected chi connectivity index (χ2v) is 5.12. The van der Waals surface area contributed by atoms with E-state index >= 15 is 0 Å². The lowest BCUT2D eigenvalue weighted by Crippen LogP contribution is -2.53. The molecule has 0 aromatic carbocycles. The number of piperazine rings is 1. The molecule has 17 heavy (non-hydrogen) atoms. The Morgan fingerprint density at radius 1 is 1.41 bits per heavy atom. The van der Waals surface area contributed by atoms with Gasteiger partial charge in [0.05, 0.1) is 4.47 Å². The highest BCUT2D eigenvalue weighted by atomic mass is 79.9. The number of aromatic nitrogens is 2. The van der Waals surface area contributed by atoms with Gasteiger partial charge in [0, 0.05) is 45.0 Å². The summed E-state index contributed by atoms with van der Waals surface area (Å²) in [4.78, 5) is 23.9. The van der Waals surface area contributed by atoms with Crippen LogP contribution in [0, 0.1) is 0 Å². The Morgan fingerprint density at radius 2 is 2.06 bits per heavy atom. The number of carbonyl (C=O) groups excluding carboxylic acids is 1. The maximum Gasteiger partial charge on any atom is 0.225 e. The normalized spacial score (nSPS) is 20.5. The highest BCUT2D eigenvalue weighted by Crippen LogP contribution is 2.16. The summed E-state index contributed by atoms with van der Waals surface area (Å²) in [6.07, 6.45) is 3.48. The van der Waals surface area contributed by atoms with Crippen molar-refractivity contribution in [1.82, 2.24) is 14.9 Å². The van der Waals surface area contributed by atoms with Crippen molar-refractivity contribution >= 4 is 27.8 Å². The Balaban J connectivity index is 2.06. The van der Waals surface area contributed by atoms with Crippen LogP contribution in [0.2, 0.25) is 0 Å². The molecule has 1 aromatic heterocycles. The van der Waals surface area contributed by atoms with Gasteiger partial charge in [0.15, 0.2) is 0 Å². The van der Waals surface area contributed by atoms with Crippen LogP contribution in [0.25, 0.3) is 0 Å². The predicted molar refractivity (Wildman–Crippen MR) is 68.8 cm³/mol. The molecule has 6 heteroatoms. The molecule has 1 aliphatic rings. The molecule has 2 heterocycles. The van der Waals surface area contributed by atoms with E-state index in [0.29, 0.717) is 0 Å². The summed E-state index contributed by atoms with van der Waals surface area (Å²) >= 11 is 3.31. The lowest BCUT2D eigenvalue weighted by Gasteiger charge is -2.39. The zero-order chi connectivity index (χ0) is 12.4. The van der Waals surface area contributed by atoms with Crippen LogP contribution < -0.4 is 4.90 Å². The van der Waals surface area contributed by atoms with Gasteiger partial charge in [-0.25, -0.2) is 9.97 Å². The third-order valence-corrected chi connectivity index (χ3v) is 3.33. The molecule has 1 saturated heterocycles. The number of hydrogen-bond acceptors (Lipinski definition) is 4. The number of anilines is 1. The average molecular weight is 299 g/mol. The zero-order valence-corrected chi connectivity index (χ0v) is 11.5. The van der Waals surface area contributed by atoms with E-state index in [4.69, 9.17) is 0 Å². The van der Waals surface area contributed by atoms with Gasteiger partial charge in [0.2, 0.25) is 11.9 Å². The Labute approximate surface area is 109 Å². The highest BCUT2D eigenvalue weighted by Gasteiger charge is 2.26. The first-order chi connectivity index (χ1) is 8.08. The molecular weight excluding hydrogens is 284 g/mol. The monoisotopic (exact) mass is 298 g/mol. The highest BCUT2D eigenvalue weighted by molar-refractivity contribution is 9.10. The molecule has 1 aliphatic heterocycles. The van der Waals surface area contributed by atoms with Gasteiger partial charge in [-0.3, -0.25) is 4.79 Å². The minimum atomic E-state index is 0.133. The van der Waals surface area contributed by atoms with Gasteiger partial charge in [-0.1, -0.05) is 0 Å². The lowest BCUT2D eigenvalue weighted by molar-refractivity contribution is -0.131. The van der Waals surface area contributed by atoms with E-state index in [0.717, 1.165) is 30.1 Å². The number of nitrogens with zero attached hydrogens (tertiary/aromatic N) is 4. The fraction of sp³-hybridized carbons (Fsp3) is 0.545. The molecule has 0 spiro atoms. The van der Waals surface area contributed by atoms with Crippen molar-refractivity contribution in [2.45, 2.75) is 19.9 Å². The van der Waals surface area contributed by atoms with Crippen LogP contribution in [-0.4, -0.2) is 46.5 Å². The predicted octanol–water partition coefficient (Wildman–Crippen LogP) is 1.30. The molecule has 1 amide bonds. The SMILES string of the molecule is CC(=O)N1CCN(c2ncc(Br)cn2)C[C@H]1C. The smallest absolute Gasteiger partial charge is 0.225 e. The number of carbonyl (C=O) groups is 1. The number of halogens is 1. The van der Waals surface area contributed by atoms with Crippen LogP contribution in [-0.2, 0) is 4.79 Å². The van der Waals surface area contributed by atoms with Crippen LogP contribution in [0.5, 0.6) is 0 Å². The summed E-state index contributed by atoms with van der Waals surface area (Å²) in [5.41, 5.74) is 0. The Bertz CT molecular complexity index is 408. The maximum atomic E-state index is 11.4. The van der Waals surface area contributed by atoms with Crippen LogP contribution in [0.15, 0.2) is 16.9 Å². The summed E-state index contributed by atoms with van der Waals surface area (Å²) in [6.45, 7) is 5.96. The van der Waals surface area contributed by atoms with Crippen LogP contribution in [0.3, 0.4) is 0 Å². The van der Waals surface area contributed by atoms with Gasteiger partial charge in [0.1, 0.15) is 0 Å². The van der Waals surface area contributed by atoms with E-state index in [1.54, 1.807) is 19.3 Å². The summed E-state index contributed by atoms with van der Waals surface area (Å²) < 4.78 is 0.872. The van der Waals surface area contributed by atoms with Crippen molar-refractivity contribution in [1.29, 1.82) is 0 Å². The number of amides is 1. The first-order valence-corrected chi connectivity index (χ1v) is 6.37. The second kappa shape index (κ2) is 5.00. The molecule has 92 valence electrons. The topological polar surface area (TPSA) is 49.3 Å². The average Bonchev–Trinajstić information content (AvgIpc) is 2.29. The minimum Gasteiger partial charge on any atom is -0.337 e. The van der Waals surface area contributed by atoms with Crippen molar-refractivity contribution in [2.24, 2.45) is 0 Å². The lowest BCUT2D eigenvalue weighted by atomic mass is 10.2. The van der Waals surface area contributed by atoms with Crippen LogP contribution in [0.4, 0.5) is 5.95 Å². The van der Waals surface area contributed by atoms with Crippen molar-refractivity contribution in [3.8, 4) is 0 Å². The quantitative estimate of drug-likeness (QED) is 0.784. The van der Waals surface area contributed by atoms with Gasteiger partial charge < -0.3 is 9.80 Å². The summed E-state index contributed by atoms with van der Waals surface area (Å²) in [5, 5.41) is 0. The molecule has 0 bridgehead atoms. The maximum absolute atomic E-state index is 11.4. The van der Waals surface area contributed by atoms with Gasteiger partial charge in [-0.05, 0) is 22.9 Å². The first-order valence-electron chi connectivity index (χ1n) is 5.57. The summed E-state index contributed by atoms with van der Waals surface area (Å²) in [5.74, 6) is 0.858. The third-order valence-electron chi connectivity index (χ3n) is 2.92. The fourth-order valence-corrected chi connectivity index (χ4v) is 2.28. The number of rotatable bonds is 1. The van der Waals surface area contributed by atoms with E-state index in [9.17, 15) is 4.79 Å². The van der Waals surface area contributed by atoms with Gasteiger partial charge >= 0.3 is 0 Å². The Hall–Kier alpha value is -1.17. The molecule has 0 radical (unpaired) electrons. The summed E-state index contributed by atoms with van der Waals surface area (Å²) in [6, 6.07) is 0.202. The van der Waals surface area contributed by atoms with Crippen molar-refractivity contribution in [3.05, 3.63) is 16.9 Å². The largest absolute Gasteiger partial charge is 0.337 e. The molecule has 1 atom stereocenters. The third kappa shape index (κ3) is 2.74. The molecule has 2 rings (SSSR count). The van der Waals surface area contributed by atoms with Gasteiger partial charge in [-0.2, -0.15) is 0 Å². The molecule has 0 N–H and O–H groups in total. The molecule has 0 aliphatic carbocycles. The van der Waals surface area contributed by atoms with Crippen LogP contribution in [0.1, 0.15) is 13.8 Å². The van der Waals surface area contributed by atoms with E-state index < -0.39 is 0 Å². The van der Waals surface area contributed by atoms with Gasteiger partial charge in [0.25, 0.3) is 0 Å². The van der Waals surface area contributed by atoms with Crippen LogP contribution >= 0.6 is 15.9 Å². The molecular formula is C11H15BrN4O.